The summed E-state index contributed by atoms with van der Waals surface area (Å²) < 4.78 is 4.89. The molecule has 3 nitrogen and oxygen atoms in total. The van der Waals surface area contributed by atoms with Crippen LogP contribution in [0.5, 0.6) is 0 Å². The monoisotopic (exact) mass is 201 g/mol. The molecular weight excluding hydrogens is 194 g/mol. The predicted molar refractivity (Wildman–Crippen MR) is 50.5 cm³/mol. The van der Waals surface area contributed by atoms with Crippen molar-refractivity contribution in [2.75, 3.05) is 7.11 Å². The van der Waals surface area contributed by atoms with E-state index < -0.39 is 0 Å². The molecule has 0 spiro atoms. The van der Waals surface area contributed by atoms with Gasteiger partial charge >= 0.3 is 0 Å². The van der Waals surface area contributed by atoms with Gasteiger partial charge in [0.2, 0.25) is 11.0 Å². The highest BCUT2D eigenvalue weighted by Gasteiger charge is 2.43. The van der Waals surface area contributed by atoms with E-state index in [-0.39, 0.29) is 11.3 Å². The van der Waals surface area contributed by atoms with Crippen LogP contribution in [0.25, 0.3) is 0 Å². The summed E-state index contributed by atoms with van der Waals surface area (Å²) in [6.07, 6.45) is 0.622. The highest BCUT2D eigenvalue weighted by atomic mass is 32.2. The third-order valence-electron chi connectivity index (χ3n) is 1.90. The summed E-state index contributed by atoms with van der Waals surface area (Å²) in [5, 5.41) is 2.57. The zero-order valence-electron chi connectivity index (χ0n) is 6.44. The molecule has 0 aliphatic carbocycles. The summed E-state index contributed by atoms with van der Waals surface area (Å²) in [4.78, 5) is 12.8. The molecule has 12 heavy (non-hydrogen) atoms. The summed E-state index contributed by atoms with van der Waals surface area (Å²) in [5.74, 6) is 0.135. The van der Waals surface area contributed by atoms with Crippen LogP contribution >= 0.6 is 24.0 Å². The van der Waals surface area contributed by atoms with Gasteiger partial charge in [0.1, 0.15) is 5.70 Å². The maximum Gasteiger partial charge on any atom is 0.231 e. The lowest BCUT2D eigenvalue weighted by molar-refractivity contribution is -0.137. The Kier molecular flexibility index (Phi) is 1.84. The second-order valence-corrected chi connectivity index (χ2v) is 3.98. The third-order valence-corrected chi connectivity index (χ3v) is 3.32. The Morgan fingerprint density at radius 1 is 1.92 bits per heavy atom. The molecule has 1 amide bonds. The van der Waals surface area contributed by atoms with Crippen molar-refractivity contribution in [1.82, 2.24) is 4.90 Å². The summed E-state index contributed by atoms with van der Waals surface area (Å²) in [7, 11) is 1.52. The van der Waals surface area contributed by atoms with Crippen LogP contribution in [-0.2, 0) is 9.53 Å². The molecule has 5 heteroatoms. The number of thioether (sulfide) groups is 1. The molecule has 1 atom stereocenters. The first kappa shape index (κ1) is 8.07. The Morgan fingerprint density at radius 2 is 2.67 bits per heavy atom. The minimum atomic E-state index is 0.135. The first-order chi connectivity index (χ1) is 5.74. The Bertz CT molecular complexity index is 287. The molecule has 0 aromatic rings. The first-order valence-corrected chi connectivity index (χ1v) is 4.85. The second kappa shape index (κ2) is 2.74. The second-order valence-electron chi connectivity index (χ2n) is 2.55. The summed E-state index contributed by atoms with van der Waals surface area (Å²) >= 11 is 6.56. The van der Waals surface area contributed by atoms with Gasteiger partial charge in [-0.25, -0.2) is 0 Å². The summed E-state index contributed by atoms with van der Waals surface area (Å²) in [5.41, 5.74) is 0.749. The van der Waals surface area contributed by atoms with E-state index >= 15 is 0 Å². The van der Waals surface area contributed by atoms with Crippen LogP contribution in [0, 0.1) is 0 Å². The van der Waals surface area contributed by atoms with Crippen molar-refractivity contribution in [3.8, 4) is 0 Å². The number of methoxy groups -OCH3 is 1. The summed E-state index contributed by atoms with van der Waals surface area (Å²) in [6, 6.07) is 0. The van der Waals surface area contributed by atoms with Gasteiger partial charge in [0, 0.05) is 5.41 Å². The van der Waals surface area contributed by atoms with E-state index in [1.807, 2.05) is 5.41 Å². The van der Waals surface area contributed by atoms with Gasteiger partial charge in [0.05, 0.1) is 18.9 Å². The number of thiocarbonyl (C=S) groups is 1. The molecule has 0 N–H and O–H groups in total. The Balaban J connectivity index is 2.17. The van der Waals surface area contributed by atoms with Gasteiger partial charge in [-0.15, -0.1) is 11.8 Å². The summed E-state index contributed by atoms with van der Waals surface area (Å²) in [6.45, 7) is 0. The number of amides is 1. The predicted octanol–water partition coefficient (Wildman–Crippen LogP) is 1.11. The van der Waals surface area contributed by atoms with Crippen LogP contribution in [0.2, 0.25) is 0 Å². The van der Waals surface area contributed by atoms with Crippen molar-refractivity contribution in [3.63, 3.8) is 0 Å². The van der Waals surface area contributed by atoms with Crippen LogP contribution in [-0.4, -0.2) is 28.3 Å². The maximum atomic E-state index is 11.1. The molecule has 1 fully saturated rings. The highest BCUT2D eigenvalue weighted by molar-refractivity contribution is 8.03. The molecule has 0 radical (unpaired) electrons. The Hall–Kier alpha value is -0.550. The van der Waals surface area contributed by atoms with E-state index in [0.717, 1.165) is 5.70 Å². The minimum Gasteiger partial charge on any atom is -0.485 e. The van der Waals surface area contributed by atoms with Gasteiger partial charge in [-0.2, -0.15) is 0 Å². The minimum absolute atomic E-state index is 0.135. The zero-order valence-corrected chi connectivity index (χ0v) is 8.08. The quantitative estimate of drug-likeness (QED) is 0.469. The van der Waals surface area contributed by atoms with Crippen molar-refractivity contribution < 1.29 is 9.53 Å². The average molecular weight is 201 g/mol. The number of carbonyl (C=O) groups excluding carboxylic acids is 1. The Morgan fingerprint density at radius 3 is 3.25 bits per heavy atom. The fourth-order valence-electron chi connectivity index (χ4n) is 1.24. The van der Waals surface area contributed by atoms with Gasteiger partial charge in [-0.05, 0) is 12.2 Å². The van der Waals surface area contributed by atoms with Crippen LogP contribution in [0.3, 0.4) is 0 Å². The molecule has 2 aliphatic rings. The van der Waals surface area contributed by atoms with E-state index in [1.54, 1.807) is 16.7 Å². The Labute approximate surface area is 79.7 Å². The average Bonchev–Trinajstić information content (AvgIpc) is 2.40. The van der Waals surface area contributed by atoms with Crippen molar-refractivity contribution in [2.24, 2.45) is 0 Å². The number of ether oxygens (including phenoxy) is 1. The third kappa shape index (κ3) is 0.964. The standard InChI is InChI=1S/C7H7NO2S2/c1-10-7(11)4-3-12-6-2-5(9)8(4)6/h3,6H,2H2,1H3/t6-/m1/s1. The van der Waals surface area contributed by atoms with E-state index in [4.69, 9.17) is 17.0 Å². The van der Waals surface area contributed by atoms with Crippen molar-refractivity contribution >= 4 is 34.9 Å². The number of rotatable bonds is 1. The van der Waals surface area contributed by atoms with Crippen LogP contribution in [0.15, 0.2) is 11.1 Å². The number of carbonyl (C=O) groups is 1. The molecule has 0 aromatic carbocycles. The van der Waals surface area contributed by atoms with E-state index in [2.05, 4.69) is 0 Å². The van der Waals surface area contributed by atoms with E-state index in [1.165, 1.54) is 7.11 Å². The fourth-order valence-corrected chi connectivity index (χ4v) is 2.57. The molecule has 2 aliphatic heterocycles. The van der Waals surface area contributed by atoms with Crippen molar-refractivity contribution in [2.45, 2.75) is 11.8 Å². The molecule has 0 unspecified atom stereocenters. The first-order valence-electron chi connectivity index (χ1n) is 3.50. The molecule has 0 aromatic heterocycles. The van der Waals surface area contributed by atoms with Gasteiger partial charge in [0.25, 0.3) is 0 Å². The van der Waals surface area contributed by atoms with Crippen LogP contribution < -0.4 is 0 Å². The molecular formula is C7H7NO2S2. The largest absolute Gasteiger partial charge is 0.485 e. The highest BCUT2D eigenvalue weighted by Crippen LogP contribution is 2.41. The number of hydrogen-bond donors (Lipinski definition) is 0. The number of fused-ring (bicyclic) bond motifs is 1. The number of nitrogens with zero attached hydrogens (tertiary/aromatic N) is 1. The van der Waals surface area contributed by atoms with Gasteiger partial charge in [-0.1, -0.05) is 0 Å². The lowest BCUT2D eigenvalue weighted by atomic mass is 10.2. The number of β-lactam (4-membered cyclic amide) rings is 1. The van der Waals surface area contributed by atoms with Crippen LogP contribution in [0.4, 0.5) is 0 Å². The lowest BCUT2D eigenvalue weighted by Crippen LogP contribution is -2.48. The molecule has 1 saturated heterocycles. The molecule has 0 saturated carbocycles. The molecule has 0 bridgehead atoms. The number of hydrogen-bond acceptors (Lipinski definition) is 4. The lowest BCUT2D eigenvalue weighted by Gasteiger charge is -2.35. The van der Waals surface area contributed by atoms with Gasteiger partial charge in [0.15, 0.2) is 0 Å². The molecule has 64 valence electrons. The van der Waals surface area contributed by atoms with E-state index in [9.17, 15) is 4.79 Å². The molecule has 2 heterocycles. The van der Waals surface area contributed by atoms with Crippen molar-refractivity contribution in [1.29, 1.82) is 0 Å². The van der Waals surface area contributed by atoms with Gasteiger partial charge in [-0.3, -0.25) is 9.69 Å². The SMILES string of the molecule is COC(=S)C1=CS[C@@H]2CC(=O)N12. The normalized spacial score (nSPS) is 26.1. The van der Waals surface area contributed by atoms with E-state index in [0.29, 0.717) is 11.5 Å². The molecule has 2 rings (SSSR count). The van der Waals surface area contributed by atoms with Gasteiger partial charge < -0.3 is 4.74 Å². The smallest absolute Gasteiger partial charge is 0.231 e. The van der Waals surface area contributed by atoms with Crippen molar-refractivity contribution in [3.05, 3.63) is 11.1 Å². The maximum absolute atomic E-state index is 11.1. The topological polar surface area (TPSA) is 29.5 Å². The fraction of sp³-hybridized carbons (Fsp3) is 0.429. The zero-order chi connectivity index (χ0) is 8.72. The van der Waals surface area contributed by atoms with Crippen LogP contribution in [0.1, 0.15) is 6.42 Å².